The fraction of sp³-hybridized carbons (Fsp3) is 0.417. The number of benzene rings is 1. The molecule has 1 rings (SSSR count). The van der Waals surface area contributed by atoms with Crippen LogP contribution in [-0.4, -0.2) is 23.7 Å². The molecule has 0 aliphatic heterocycles. The van der Waals surface area contributed by atoms with Crippen LogP contribution in [0.2, 0.25) is 0 Å². The lowest BCUT2D eigenvalue weighted by Crippen LogP contribution is -2.37. The van der Waals surface area contributed by atoms with Crippen molar-refractivity contribution in [2.75, 3.05) is 11.4 Å². The minimum absolute atomic E-state index is 0.109. The quantitative estimate of drug-likeness (QED) is 0.905. The van der Waals surface area contributed by atoms with Gasteiger partial charge in [0, 0.05) is 11.7 Å². The fourth-order valence-electron chi connectivity index (χ4n) is 1.66. The van der Waals surface area contributed by atoms with E-state index in [0.29, 0.717) is 0 Å². The molecule has 6 heteroatoms. The van der Waals surface area contributed by atoms with E-state index in [4.69, 9.17) is 5.11 Å². The first-order valence-electron chi connectivity index (χ1n) is 5.38. The van der Waals surface area contributed by atoms with Crippen LogP contribution in [0.1, 0.15) is 19.4 Å². The summed E-state index contributed by atoms with van der Waals surface area (Å²) in [7, 11) is 0. The number of para-hydroxylation sites is 1. The maximum atomic E-state index is 12.8. The largest absolute Gasteiger partial charge is 0.480 e. The van der Waals surface area contributed by atoms with Gasteiger partial charge in [-0.3, -0.25) is 4.79 Å². The number of hydrogen-bond acceptors (Lipinski definition) is 2. The summed E-state index contributed by atoms with van der Waals surface area (Å²) in [5.74, 6) is -1.17. The molecule has 0 aliphatic carbocycles. The van der Waals surface area contributed by atoms with Crippen LogP contribution < -0.4 is 4.90 Å². The Morgan fingerprint density at radius 2 is 1.89 bits per heavy atom. The lowest BCUT2D eigenvalue weighted by Gasteiger charge is -2.29. The molecule has 1 aromatic rings. The van der Waals surface area contributed by atoms with Gasteiger partial charge in [-0.2, -0.15) is 13.2 Å². The number of carboxylic acids is 1. The molecular formula is C12H14F3NO2. The summed E-state index contributed by atoms with van der Waals surface area (Å²) in [4.78, 5) is 11.9. The van der Waals surface area contributed by atoms with Gasteiger partial charge in [-0.15, -0.1) is 0 Å². The first kappa shape index (κ1) is 14.3. The van der Waals surface area contributed by atoms with Crippen LogP contribution in [-0.2, 0) is 11.0 Å². The number of anilines is 1. The zero-order valence-electron chi connectivity index (χ0n) is 10.0. The molecule has 0 saturated carbocycles. The summed E-state index contributed by atoms with van der Waals surface area (Å²) < 4.78 is 38.5. The van der Waals surface area contributed by atoms with E-state index in [-0.39, 0.29) is 11.7 Å². The zero-order valence-corrected chi connectivity index (χ0v) is 10.0. The molecular weight excluding hydrogens is 247 g/mol. The normalized spacial score (nSPS) is 11.7. The van der Waals surface area contributed by atoms with Gasteiger partial charge in [0.1, 0.15) is 6.54 Å². The summed E-state index contributed by atoms with van der Waals surface area (Å²) >= 11 is 0. The van der Waals surface area contributed by atoms with E-state index in [1.54, 1.807) is 13.8 Å². The number of carboxylic acid groups (broad SMARTS) is 1. The highest BCUT2D eigenvalue weighted by Gasteiger charge is 2.35. The van der Waals surface area contributed by atoms with Crippen molar-refractivity contribution < 1.29 is 23.1 Å². The van der Waals surface area contributed by atoms with Gasteiger partial charge in [0.15, 0.2) is 0 Å². The van der Waals surface area contributed by atoms with Crippen molar-refractivity contribution in [1.29, 1.82) is 0 Å². The number of halogens is 3. The summed E-state index contributed by atoms with van der Waals surface area (Å²) in [6.07, 6.45) is -4.50. The molecule has 3 nitrogen and oxygen atoms in total. The standard InChI is InChI=1S/C12H14F3NO2/c1-8(2)16(7-11(17)18)10-6-4-3-5-9(10)12(13,14)15/h3-6,8H,7H2,1-2H3,(H,17,18). The van der Waals surface area contributed by atoms with Gasteiger partial charge >= 0.3 is 12.1 Å². The Morgan fingerprint density at radius 1 is 1.33 bits per heavy atom. The minimum Gasteiger partial charge on any atom is -0.480 e. The Morgan fingerprint density at radius 3 is 2.33 bits per heavy atom. The Hall–Kier alpha value is -1.72. The third-order valence-electron chi connectivity index (χ3n) is 2.45. The predicted molar refractivity (Wildman–Crippen MR) is 61.6 cm³/mol. The van der Waals surface area contributed by atoms with Gasteiger partial charge in [-0.1, -0.05) is 12.1 Å². The second kappa shape index (κ2) is 5.29. The van der Waals surface area contributed by atoms with Gasteiger partial charge in [0.05, 0.1) is 5.56 Å². The Balaban J connectivity index is 3.24. The molecule has 0 saturated heterocycles. The van der Waals surface area contributed by atoms with Crippen molar-refractivity contribution >= 4 is 11.7 Å². The molecule has 0 radical (unpaired) electrons. The Kier molecular flexibility index (Phi) is 4.21. The highest BCUT2D eigenvalue weighted by atomic mass is 19.4. The molecule has 0 aliphatic rings. The number of hydrogen-bond donors (Lipinski definition) is 1. The van der Waals surface area contributed by atoms with Crippen molar-refractivity contribution in [2.45, 2.75) is 26.1 Å². The number of nitrogens with zero attached hydrogens (tertiary/aromatic N) is 1. The van der Waals surface area contributed by atoms with E-state index in [0.717, 1.165) is 6.07 Å². The van der Waals surface area contributed by atoms with E-state index in [2.05, 4.69) is 0 Å². The fourth-order valence-corrected chi connectivity index (χ4v) is 1.66. The SMILES string of the molecule is CC(C)N(CC(=O)O)c1ccccc1C(F)(F)F. The van der Waals surface area contributed by atoms with Crippen molar-refractivity contribution in [3.05, 3.63) is 29.8 Å². The first-order chi connectivity index (χ1) is 8.23. The lowest BCUT2D eigenvalue weighted by atomic mass is 10.1. The summed E-state index contributed by atoms with van der Waals surface area (Å²) in [5.41, 5.74) is -0.928. The number of carbonyl (C=O) groups is 1. The third kappa shape index (κ3) is 3.38. The first-order valence-corrected chi connectivity index (χ1v) is 5.38. The smallest absolute Gasteiger partial charge is 0.418 e. The topological polar surface area (TPSA) is 40.5 Å². The van der Waals surface area contributed by atoms with Crippen molar-refractivity contribution in [2.24, 2.45) is 0 Å². The molecule has 18 heavy (non-hydrogen) atoms. The van der Waals surface area contributed by atoms with Crippen molar-refractivity contribution in [3.63, 3.8) is 0 Å². The average molecular weight is 261 g/mol. The molecule has 0 heterocycles. The molecule has 0 spiro atoms. The van der Waals surface area contributed by atoms with Gasteiger partial charge in [0.25, 0.3) is 0 Å². The third-order valence-corrected chi connectivity index (χ3v) is 2.45. The van der Waals surface area contributed by atoms with E-state index >= 15 is 0 Å². The monoisotopic (exact) mass is 261 g/mol. The summed E-state index contributed by atoms with van der Waals surface area (Å²) in [6, 6.07) is 4.63. The highest BCUT2D eigenvalue weighted by Crippen LogP contribution is 2.36. The van der Waals surface area contributed by atoms with Gasteiger partial charge in [-0.25, -0.2) is 0 Å². The molecule has 1 N–H and O–H groups in total. The second-order valence-electron chi connectivity index (χ2n) is 4.13. The molecule has 0 aromatic heterocycles. The Bertz CT molecular complexity index is 430. The van der Waals surface area contributed by atoms with Crippen LogP contribution in [0.5, 0.6) is 0 Å². The van der Waals surface area contributed by atoms with E-state index in [1.165, 1.54) is 23.1 Å². The van der Waals surface area contributed by atoms with Gasteiger partial charge < -0.3 is 10.0 Å². The number of rotatable bonds is 4. The number of aliphatic carboxylic acids is 1. The predicted octanol–water partition coefficient (Wildman–Crippen LogP) is 3.00. The van der Waals surface area contributed by atoms with Gasteiger partial charge in [0.2, 0.25) is 0 Å². The molecule has 0 atom stereocenters. The van der Waals surface area contributed by atoms with E-state index < -0.39 is 24.3 Å². The maximum absolute atomic E-state index is 12.8. The van der Waals surface area contributed by atoms with Crippen LogP contribution in [0.15, 0.2) is 24.3 Å². The maximum Gasteiger partial charge on any atom is 0.418 e. The van der Waals surface area contributed by atoms with Crippen molar-refractivity contribution in [3.8, 4) is 0 Å². The van der Waals surface area contributed by atoms with E-state index in [1.807, 2.05) is 0 Å². The summed E-state index contributed by atoms with van der Waals surface area (Å²) in [5, 5.41) is 8.76. The second-order valence-corrected chi connectivity index (χ2v) is 4.13. The molecule has 0 amide bonds. The lowest BCUT2D eigenvalue weighted by molar-refractivity contribution is -0.138. The molecule has 0 fully saturated rings. The molecule has 100 valence electrons. The molecule has 0 bridgehead atoms. The minimum atomic E-state index is -4.50. The van der Waals surface area contributed by atoms with Crippen LogP contribution in [0, 0.1) is 0 Å². The molecule has 0 unspecified atom stereocenters. The van der Waals surface area contributed by atoms with Crippen LogP contribution in [0.25, 0.3) is 0 Å². The average Bonchev–Trinajstić information content (AvgIpc) is 2.24. The zero-order chi connectivity index (χ0) is 13.9. The van der Waals surface area contributed by atoms with Crippen LogP contribution in [0.4, 0.5) is 18.9 Å². The van der Waals surface area contributed by atoms with Gasteiger partial charge in [-0.05, 0) is 26.0 Å². The summed E-state index contributed by atoms with van der Waals surface area (Å²) in [6.45, 7) is 2.83. The molecule has 1 aromatic carbocycles. The van der Waals surface area contributed by atoms with Crippen molar-refractivity contribution in [1.82, 2.24) is 0 Å². The number of alkyl halides is 3. The van der Waals surface area contributed by atoms with Crippen LogP contribution >= 0.6 is 0 Å². The highest BCUT2D eigenvalue weighted by molar-refractivity contribution is 5.74. The van der Waals surface area contributed by atoms with E-state index in [9.17, 15) is 18.0 Å². The van der Waals surface area contributed by atoms with Crippen LogP contribution in [0.3, 0.4) is 0 Å². The Labute approximate surface area is 103 Å².